The molecule has 1 aromatic rings. The Labute approximate surface area is 130 Å². The van der Waals surface area contributed by atoms with Crippen molar-refractivity contribution in [1.29, 1.82) is 0 Å². The van der Waals surface area contributed by atoms with Crippen LogP contribution in [0.25, 0.3) is 5.57 Å². The lowest BCUT2D eigenvalue weighted by atomic mass is 9.94. The molecule has 4 heteroatoms. The third-order valence-electron chi connectivity index (χ3n) is 4.28. The molecule has 2 aliphatic rings. The molecule has 1 aliphatic heterocycles. The summed E-state index contributed by atoms with van der Waals surface area (Å²) in [6.07, 6.45) is 5.91. The number of rotatable bonds is 2. The number of benzene rings is 1. The van der Waals surface area contributed by atoms with Crippen LogP contribution in [0.2, 0.25) is 5.02 Å². The highest BCUT2D eigenvalue weighted by molar-refractivity contribution is 6.30. The molecule has 1 saturated carbocycles. The van der Waals surface area contributed by atoms with Gasteiger partial charge >= 0.3 is 0 Å². The van der Waals surface area contributed by atoms with Crippen LogP contribution >= 0.6 is 11.6 Å². The molecule has 114 valence electrons. The average Bonchev–Trinajstić information content (AvgIpc) is 2.71. The summed E-state index contributed by atoms with van der Waals surface area (Å²) in [5, 5.41) is 0.717. The van der Waals surface area contributed by atoms with Gasteiger partial charge in [0.25, 0.3) is 0 Å². The molecular formula is C17H21ClO3. The SMILES string of the molecule is C=C(c1ccc(Cl)cc1)C1CCOC2(CCCCC2)OO1. The fourth-order valence-electron chi connectivity index (χ4n) is 2.97. The fourth-order valence-corrected chi connectivity index (χ4v) is 3.10. The van der Waals surface area contributed by atoms with E-state index in [1.807, 2.05) is 24.3 Å². The molecule has 1 aromatic carbocycles. The van der Waals surface area contributed by atoms with Crippen LogP contribution in [0.15, 0.2) is 30.8 Å². The molecule has 3 rings (SSSR count). The van der Waals surface area contributed by atoms with E-state index in [1.54, 1.807) is 0 Å². The maximum absolute atomic E-state index is 5.96. The molecule has 0 N–H and O–H groups in total. The van der Waals surface area contributed by atoms with Crippen LogP contribution < -0.4 is 0 Å². The zero-order chi connectivity index (χ0) is 14.7. The van der Waals surface area contributed by atoms with E-state index in [1.165, 1.54) is 6.42 Å². The first-order chi connectivity index (χ1) is 10.2. The van der Waals surface area contributed by atoms with Crippen molar-refractivity contribution < 1.29 is 14.5 Å². The van der Waals surface area contributed by atoms with E-state index in [4.69, 9.17) is 26.1 Å². The highest BCUT2D eigenvalue weighted by Crippen LogP contribution is 2.37. The van der Waals surface area contributed by atoms with Gasteiger partial charge in [-0.15, -0.1) is 0 Å². The summed E-state index contributed by atoms with van der Waals surface area (Å²) in [7, 11) is 0. The number of hydrogen-bond donors (Lipinski definition) is 0. The first kappa shape index (κ1) is 15.0. The minimum absolute atomic E-state index is 0.174. The van der Waals surface area contributed by atoms with Crippen molar-refractivity contribution in [3.63, 3.8) is 0 Å². The van der Waals surface area contributed by atoms with E-state index in [0.29, 0.717) is 11.6 Å². The highest BCUT2D eigenvalue weighted by Gasteiger charge is 2.39. The van der Waals surface area contributed by atoms with Gasteiger partial charge in [0.2, 0.25) is 5.79 Å². The second-order valence-electron chi connectivity index (χ2n) is 5.81. The lowest BCUT2D eigenvalue weighted by Crippen LogP contribution is -2.37. The third kappa shape index (κ3) is 3.49. The van der Waals surface area contributed by atoms with Crippen molar-refractivity contribution >= 4 is 17.2 Å². The second-order valence-corrected chi connectivity index (χ2v) is 6.25. The van der Waals surface area contributed by atoms with Gasteiger partial charge in [-0.05, 0) is 36.1 Å². The number of hydrogen-bond acceptors (Lipinski definition) is 3. The Bertz CT molecular complexity index is 491. The molecule has 0 amide bonds. The van der Waals surface area contributed by atoms with E-state index < -0.39 is 5.79 Å². The maximum atomic E-state index is 5.96. The zero-order valence-corrected chi connectivity index (χ0v) is 12.9. The summed E-state index contributed by atoms with van der Waals surface area (Å²) >= 11 is 5.92. The molecule has 3 nitrogen and oxygen atoms in total. The molecule has 1 saturated heterocycles. The Morgan fingerprint density at radius 1 is 1.14 bits per heavy atom. The first-order valence-corrected chi connectivity index (χ1v) is 8.00. The van der Waals surface area contributed by atoms with Crippen LogP contribution in [0.3, 0.4) is 0 Å². The van der Waals surface area contributed by atoms with Crippen LogP contribution in [0, 0.1) is 0 Å². The molecule has 1 spiro atoms. The van der Waals surface area contributed by atoms with Gasteiger partial charge in [0.1, 0.15) is 6.10 Å². The van der Waals surface area contributed by atoms with Crippen LogP contribution in [0.4, 0.5) is 0 Å². The molecule has 2 fully saturated rings. The van der Waals surface area contributed by atoms with Crippen molar-refractivity contribution in [2.45, 2.75) is 50.4 Å². The van der Waals surface area contributed by atoms with Gasteiger partial charge in [0.15, 0.2) is 0 Å². The van der Waals surface area contributed by atoms with Crippen LogP contribution in [0.1, 0.15) is 44.1 Å². The van der Waals surface area contributed by atoms with Crippen molar-refractivity contribution in [2.75, 3.05) is 6.61 Å². The molecule has 21 heavy (non-hydrogen) atoms. The van der Waals surface area contributed by atoms with Gasteiger partial charge in [0, 0.05) is 24.3 Å². The Kier molecular flexibility index (Phi) is 4.65. The summed E-state index contributed by atoms with van der Waals surface area (Å²) in [6, 6.07) is 7.63. The largest absolute Gasteiger partial charge is 0.347 e. The summed E-state index contributed by atoms with van der Waals surface area (Å²) in [5.41, 5.74) is 1.93. The zero-order valence-electron chi connectivity index (χ0n) is 12.1. The normalized spacial score (nSPS) is 25.5. The van der Waals surface area contributed by atoms with Crippen LogP contribution in [0.5, 0.6) is 0 Å². The van der Waals surface area contributed by atoms with Gasteiger partial charge in [-0.2, -0.15) is 0 Å². The van der Waals surface area contributed by atoms with Gasteiger partial charge in [0.05, 0.1) is 6.61 Å². The summed E-state index contributed by atoms with van der Waals surface area (Å²) < 4.78 is 5.96. The van der Waals surface area contributed by atoms with Gasteiger partial charge in [-0.3, -0.25) is 0 Å². The molecule has 0 bridgehead atoms. The van der Waals surface area contributed by atoms with Gasteiger partial charge < -0.3 is 4.74 Å². The van der Waals surface area contributed by atoms with Crippen LogP contribution in [-0.4, -0.2) is 18.5 Å². The van der Waals surface area contributed by atoms with E-state index in [0.717, 1.165) is 43.2 Å². The average molecular weight is 309 g/mol. The summed E-state index contributed by atoms with van der Waals surface area (Å²) in [6.45, 7) is 4.79. The first-order valence-electron chi connectivity index (χ1n) is 7.62. The summed E-state index contributed by atoms with van der Waals surface area (Å²) in [4.78, 5) is 11.4. The predicted molar refractivity (Wildman–Crippen MR) is 82.8 cm³/mol. The Morgan fingerprint density at radius 2 is 1.86 bits per heavy atom. The molecule has 0 radical (unpaired) electrons. The van der Waals surface area contributed by atoms with Crippen molar-refractivity contribution in [3.8, 4) is 0 Å². The standard InChI is InChI=1S/C17H21ClO3/c1-13(14-5-7-15(18)8-6-14)16-9-12-19-17(21-20-16)10-3-2-4-11-17/h5-8,16H,1-4,9-12H2. The molecule has 0 aromatic heterocycles. The minimum atomic E-state index is -0.534. The lowest BCUT2D eigenvalue weighted by molar-refractivity contribution is -0.429. The number of ether oxygens (including phenoxy) is 1. The lowest BCUT2D eigenvalue weighted by Gasteiger charge is -2.33. The van der Waals surface area contributed by atoms with Crippen molar-refractivity contribution in [3.05, 3.63) is 41.4 Å². The van der Waals surface area contributed by atoms with Gasteiger partial charge in [-0.1, -0.05) is 36.7 Å². The number of halogens is 1. The van der Waals surface area contributed by atoms with E-state index in [9.17, 15) is 0 Å². The smallest absolute Gasteiger partial charge is 0.201 e. The topological polar surface area (TPSA) is 27.7 Å². The predicted octanol–water partition coefficient (Wildman–Crippen LogP) is 4.75. The van der Waals surface area contributed by atoms with Crippen molar-refractivity contribution in [2.24, 2.45) is 0 Å². The highest BCUT2D eigenvalue weighted by atomic mass is 35.5. The van der Waals surface area contributed by atoms with E-state index >= 15 is 0 Å². The van der Waals surface area contributed by atoms with Crippen LogP contribution in [-0.2, 0) is 14.5 Å². The monoisotopic (exact) mass is 308 g/mol. The summed E-state index contributed by atoms with van der Waals surface area (Å²) in [5.74, 6) is -0.534. The molecule has 1 atom stereocenters. The maximum Gasteiger partial charge on any atom is 0.201 e. The molecule has 1 unspecified atom stereocenters. The quantitative estimate of drug-likeness (QED) is 0.738. The molecule has 1 heterocycles. The van der Waals surface area contributed by atoms with E-state index in [2.05, 4.69) is 6.58 Å². The minimum Gasteiger partial charge on any atom is -0.347 e. The fraction of sp³-hybridized carbons (Fsp3) is 0.529. The van der Waals surface area contributed by atoms with Crippen molar-refractivity contribution in [1.82, 2.24) is 0 Å². The third-order valence-corrected chi connectivity index (χ3v) is 4.53. The molecule has 1 aliphatic carbocycles. The molecular weight excluding hydrogens is 288 g/mol. The Morgan fingerprint density at radius 3 is 2.57 bits per heavy atom. The van der Waals surface area contributed by atoms with E-state index in [-0.39, 0.29) is 6.10 Å². The van der Waals surface area contributed by atoms with Gasteiger partial charge in [-0.25, -0.2) is 9.78 Å². The Balaban J connectivity index is 1.67. The Hall–Kier alpha value is -0.870. The second kappa shape index (κ2) is 6.49.